The topological polar surface area (TPSA) is 66.4 Å². The van der Waals surface area contributed by atoms with Gasteiger partial charge < -0.3 is 10.4 Å². The normalized spacial score (nSPS) is 12.4. The summed E-state index contributed by atoms with van der Waals surface area (Å²) >= 11 is 3.08. The first-order chi connectivity index (χ1) is 16.0. The molecule has 1 atom stereocenters. The van der Waals surface area contributed by atoms with Crippen LogP contribution in [0.5, 0.6) is 0 Å². The van der Waals surface area contributed by atoms with E-state index in [1.54, 1.807) is 30.0 Å². The van der Waals surface area contributed by atoms with Gasteiger partial charge in [0.1, 0.15) is 0 Å². The molecule has 0 aliphatic carbocycles. The first-order valence-corrected chi connectivity index (χ1v) is 12.5. The Morgan fingerprint density at radius 3 is 2.26 bits per heavy atom. The summed E-state index contributed by atoms with van der Waals surface area (Å²) in [6.45, 7) is 7.10. The number of hydrogen-bond acceptors (Lipinski definition) is 4. The number of alkyl halides is 2. The summed E-state index contributed by atoms with van der Waals surface area (Å²) in [4.78, 5) is 25.5. The molecule has 3 rings (SSSR count). The van der Waals surface area contributed by atoms with Crippen LogP contribution < -0.4 is 5.32 Å². The predicted octanol–water partition coefficient (Wildman–Crippen LogP) is 7.20. The van der Waals surface area contributed by atoms with Gasteiger partial charge in [-0.15, -0.1) is 23.1 Å². The molecular weight excluding hydrogens is 476 g/mol. The maximum Gasteiger partial charge on any atom is 0.305 e. The van der Waals surface area contributed by atoms with E-state index in [0.717, 1.165) is 39.0 Å². The largest absolute Gasteiger partial charge is 0.481 e. The minimum Gasteiger partial charge on any atom is -0.481 e. The van der Waals surface area contributed by atoms with E-state index < -0.39 is 11.9 Å². The van der Waals surface area contributed by atoms with E-state index in [4.69, 9.17) is 5.11 Å². The van der Waals surface area contributed by atoms with Gasteiger partial charge in [0.2, 0.25) is 0 Å². The number of thioether (sulfide) groups is 1. The van der Waals surface area contributed by atoms with Crippen LogP contribution in [0.25, 0.3) is 11.1 Å². The lowest BCUT2D eigenvalue weighted by Crippen LogP contribution is -2.25. The van der Waals surface area contributed by atoms with Crippen molar-refractivity contribution in [3.05, 3.63) is 75.0 Å². The molecule has 0 spiro atoms. The summed E-state index contributed by atoms with van der Waals surface area (Å²) in [5.41, 5.74) is 4.08. The highest BCUT2D eigenvalue weighted by Crippen LogP contribution is 2.41. The molecule has 1 heterocycles. The fourth-order valence-electron chi connectivity index (χ4n) is 3.70. The molecule has 1 unspecified atom stereocenters. The number of amides is 1. The second-order valence-electron chi connectivity index (χ2n) is 8.26. The lowest BCUT2D eigenvalue weighted by Gasteiger charge is -2.16. The second kappa shape index (κ2) is 10.7. The van der Waals surface area contributed by atoms with Crippen molar-refractivity contribution in [3.8, 4) is 11.1 Å². The van der Waals surface area contributed by atoms with Crippen molar-refractivity contribution in [2.75, 3.05) is 6.54 Å². The van der Waals surface area contributed by atoms with Crippen LogP contribution in [0.4, 0.5) is 8.78 Å². The van der Waals surface area contributed by atoms with E-state index in [1.165, 1.54) is 23.5 Å². The van der Waals surface area contributed by atoms with Crippen molar-refractivity contribution in [1.29, 1.82) is 0 Å². The molecule has 0 saturated carbocycles. The van der Waals surface area contributed by atoms with E-state index in [0.29, 0.717) is 4.88 Å². The first kappa shape index (κ1) is 25.9. The second-order valence-corrected chi connectivity index (χ2v) is 10.8. The van der Waals surface area contributed by atoms with Crippen LogP contribution in [-0.4, -0.2) is 23.5 Å². The molecule has 0 aliphatic rings. The average molecular weight is 504 g/mol. The lowest BCUT2D eigenvalue weighted by atomic mass is 9.94. The molecule has 180 valence electrons. The number of thiophene rings is 1. The average Bonchev–Trinajstić information content (AvgIpc) is 3.23. The molecule has 0 fully saturated rings. The maximum atomic E-state index is 13.5. The Bertz CT molecular complexity index is 1160. The Balaban J connectivity index is 1.71. The summed E-state index contributed by atoms with van der Waals surface area (Å²) in [5.74, 6) is -4.08. The maximum absolute atomic E-state index is 13.5. The summed E-state index contributed by atoms with van der Waals surface area (Å²) in [6.07, 6.45) is -0.111. The highest BCUT2D eigenvalue weighted by atomic mass is 32.2. The van der Waals surface area contributed by atoms with Crippen molar-refractivity contribution in [2.45, 2.75) is 50.2 Å². The van der Waals surface area contributed by atoms with Gasteiger partial charge in [0.25, 0.3) is 11.8 Å². The van der Waals surface area contributed by atoms with Gasteiger partial charge in [-0.05, 0) is 67.3 Å². The Morgan fingerprint density at radius 1 is 1.09 bits per heavy atom. The molecule has 4 nitrogen and oxygen atoms in total. The van der Waals surface area contributed by atoms with Gasteiger partial charge in [-0.25, -0.2) is 8.78 Å². The number of aliphatic carboxylic acids is 1. The summed E-state index contributed by atoms with van der Waals surface area (Å²) < 4.78 is 27.1. The Kier molecular flexibility index (Phi) is 8.15. The molecule has 0 saturated heterocycles. The number of carbonyl (C=O) groups is 2. The van der Waals surface area contributed by atoms with Crippen molar-refractivity contribution in [2.24, 2.45) is 0 Å². The highest BCUT2D eigenvalue weighted by molar-refractivity contribution is 7.99. The Morgan fingerprint density at radius 2 is 1.71 bits per heavy atom. The molecular formula is C26H27F2NO3S2. The molecule has 0 aliphatic heterocycles. The zero-order chi connectivity index (χ0) is 25.0. The number of nitrogens with one attached hydrogen (secondary N) is 1. The molecule has 1 amide bonds. The SMILES string of the molecule is Cc1cc(SC(C)c2ccc(C(=O)NCCC(=O)O)s2)cc(C)c1-c1ccc(C(C)(F)F)cc1. The molecule has 2 aromatic carbocycles. The van der Waals surface area contributed by atoms with E-state index in [-0.39, 0.29) is 29.7 Å². The third-order valence-corrected chi connectivity index (χ3v) is 7.91. The van der Waals surface area contributed by atoms with Crippen LogP contribution in [0, 0.1) is 13.8 Å². The minimum absolute atomic E-state index is 0.00144. The van der Waals surface area contributed by atoms with Gasteiger partial charge in [0.05, 0.1) is 11.3 Å². The minimum atomic E-state index is -2.86. The number of benzene rings is 2. The summed E-state index contributed by atoms with van der Waals surface area (Å²) in [5, 5.41) is 11.4. The number of aryl methyl sites for hydroxylation is 2. The number of carbonyl (C=O) groups excluding carboxylic acids is 1. The van der Waals surface area contributed by atoms with E-state index in [9.17, 15) is 18.4 Å². The van der Waals surface area contributed by atoms with Gasteiger partial charge in [0, 0.05) is 34.1 Å². The standard InChI is InChI=1S/C26H27F2NO3S2/c1-15-13-20(14-16(2)24(15)18-5-7-19(8-6-18)26(4,27)28)33-17(3)21-9-10-22(34-21)25(32)29-12-11-23(30)31/h5-10,13-14,17H,11-12H2,1-4H3,(H,29,32)(H,30,31). The Hall–Kier alpha value is -2.71. The zero-order valence-corrected chi connectivity index (χ0v) is 21.1. The van der Waals surface area contributed by atoms with Gasteiger partial charge in [-0.3, -0.25) is 9.59 Å². The number of halogens is 2. The molecule has 0 radical (unpaired) electrons. The highest BCUT2D eigenvalue weighted by Gasteiger charge is 2.24. The Labute approximate surface area is 206 Å². The van der Waals surface area contributed by atoms with Crippen molar-refractivity contribution >= 4 is 35.0 Å². The fourth-order valence-corrected chi connectivity index (χ4v) is 5.94. The zero-order valence-electron chi connectivity index (χ0n) is 19.4. The van der Waals surface area contributed by atoms with Gasteiger partial charge >= 0.3 is 5.97 Å². The number of carboxylic acid groups (broad SMARTS) is 1. The monoisotopic (exact) mass is 503 g/mol. The predicted molar refractivity (Wildman–Crippen MR) is 134 cm³/mol. The van der Waals surface area contributed by atoms with Crippen LogP contribution >= 0.6 is 23.1 Å². The van der Waals surface area contributed by atoms with Crippen LogP contribution in [0.1, 0.15) is 56.8 Å². The van der Waals surface area contributed by atoms with Crippen molar-refractivity contribution in [3.63, 3.8) is 0 Å². The summed E-state index contributed by atoms with van der Waals surface area (Å²) in [7, 11) is 0. The number of hydrogen-bond donors (Lipinski definition) is 2. The van der Waals surface area contributed by atoms with Crippen LogP contribution in [0.2, 0.25) is 0 Å². The van der Waals surface area contributed by atoms with Gasteiger partial charge in [-0.2, -0.15) is 0 Å². The molecule has 34 heavy (non-hydrogen) atoms. The van der Waals surface area contributed by atoms with Crippen molar-refractivity contribution in [1.82, 2.24) is 5.32 Å². The molecule has 8 heteroatoms. The smallest absolute Gasteiger partial charge is 0.305 e. The quantitative estimate of drug-likeness (QED) is 0.303. The third-order valence-electron chi connectivity index (χ3n) is 5.38. The first-order valence-electron chi connectivity index (χ1n) is 10.8. The number of rotatable bonds is 9. The fraction of sp³-hybridized carbons (Fsp3) is 0.308. The summed E-state index contributed by atoms with van der Waals surface area (Å²) in [6, 6.07) is 14.3. The van der Waals surface area contributed by atoms with E-state index in [1.807, 2.05) is 19.9 Å². The van der Waals surface area contributed by atoms with Gasteiger partial charge in [0.15, 0.2) is 0 Å². The van der Waals surface area contributed by atoms with E-state index >= 15 is 0 Å². The molecule has 3 aromatic rings. The van der Waals surface area contributed by atoms with Crippen LogP contribution in [0.3, 0.4) is 0 Å². The molecule has 1 aromatic heterocycles. The van der Waals surface area contributed by atoms with Gasteiger partial charge in [-0.1, -0.05) is 24.3 Å². The van der Waals surface area contributed by atoms with E-state index in [2.05, 4.69) is 24.4 Å². The van der Waals surface area contributed by atoms with Crippen LogP contribution in [-0.2, 0) is 10.7 Å². The number of carboxylic acids is 1. The lowest BCUT2D eigenvalue weighted by molar-refractivity contribution is -0.136. The molecule has 0 bridgehead atoms. The molecule has 2 N–H and O–H groups in total. The van der Waals surface area contributed by atoms with Crippen LogP contribution in [0.15, 0.2) is 53.4 Å². The third kappa shape index (κ3) is 6.45. The van der Waals surface area contributed by atoms with Crippen molar-refractivity contribution < 1.29 is 23.5 Å².